The smallest absolute Gasteiger partial charge is 0.248 e. The molecular formula is C14H27N3O2. The molecule has 0 bridgehead atoms. The molecule has 5 heteroatoms. The molecule has 2 N–H and O–H groups in total. The van der Waals surface area contributed by atoms with Crippen LogP contribution >= 0.6 is 0 Å². The van der Waals surface area contributed by atoms with Crippen molar-refractivity contribution in [3.05, 3.63) is 0 Å². The molecule has 1 fully saturated rings. The lowest BCUT2D eigenvalue weighted by Crippen LogP contribution is -2.61. The number of nitrogens with one attached hydrogen (secondary N) is 2. The molecule has 1 aliphatic rings. The van der Waals surface area contributed by atoms with Crippen molar-refractivity contribution < 1.29 is 9.59 Å². The Kier molecular flexibility index (Phi) is 6.28. The van der Waals surface area contributed by atoms with Gasteiger partial charge in [0.1, 0.15) is 5.54 Å². The van der Waals surface area contributed by atoms with Gasteiger partial charge >= 0.3 is 0 Å². The summed E-state index contributed by atoms with van der Waals surface area (Å²) in [5.41, 5.74) is -0.668. The van der Waals surface area contributed by atoms with Crippen LogP contribution in [0, 0.1) is 0 Å². The number of likely N-dealkylation sites (N-methyl/N-ethyl adjacent to an activating group) is 2. The topological polar surface area (TPSA) is 61.4 Å². The van der Waals surface area contributed by atoms with E-state index in [0.717, 1.165) is 32.1 Å². The van der Waals surface area contributed by atoms with Gasteiger partial charge in [-0.2, -0.15) is 0 Å². The summed E-state index contributed by atoms with van der Waals surface area (Å²) in [6, 6.07) is 0. The third-order valence-electron chi connectivity index (χ3n) is 3.88. The summed E-state index contributed by atoms with van der Waals surface area (Å²) in [7, 11) is 1.74. The monoisotopic (exact) mass is 269 g/mol. The lowest BCUT2D eigenvalue weighted by atomic mass is 9.80. The van der Waals surface area contributed by atoms with Gasteiger partial charge in [0.2, 0.25) is 11.8 Å². The van der Waals surface area contributed by atoms with E-state index in [4.69, 9.17) is 0 Å². The van der Waals surface area contributed by atoms with Crippen LogP contribution in [0.5, 0.6) is 0 Å². The Balaban J connectivity index is 2.85. The highest BCUT2D eigenvalue weighted by Crippen LogP contribution is 2.30. The van der Waals surface area contributed by atoms with E-state index in [1.54, 1.807) is 7.05 Å². The molecule has 0 aromatic rings. The van der Waals surface area contributed by atoms with Crippen LogP contribution < -0.4 is 10.6 Å². The Morgan fingerprint density at radius 3 is 2.16 bits per heavy atom. The van der Waals surface area contributed by atoms with Crippen molar-refractivity contribution in [1.29, 1.82) is 0 Å². The van der Waals surface area contributed by atoms with Gasteiger partial charge in [-0.1, -0.05) is 19.3 Å². The highest BCUT2D eigenvalue weighted by molar-refractivity contribution is 5.92. The standard InChI is InChI=1S/C14H27N3O2/c1-4-17(5-2)13(19)14(9-7-6-8-10-14)16-12(18)11-15-3/h15H,4-11H2,1-3H3,(H,16,18). The number of hydrogen-bond donors (Lipinski definition) is 2. The van der Waals surface area contributed by atoms with Gasteiger partial charge in [-0.25, -0.2) is 0 Å². The number of nitrogens with zero attached hydrogens (tertiary/aromatic N) is 1. The summed E-state index contributed by atoms with van der Waals surface area (Å²) < 4.78 is 0. The Morgan fingerprint density at radius 1 is 1.11 bits per heavy atom. The number of hydrogen-bond acceptors (Lipinski definition) is 3. The van der Waals surface area contributed by atoms with Crippen LogP contribution in [0.2, 0.25) is 0 Å². The first kappa shape index (κ1) is 16.0. The number of amides is 2. The van der Waals surface area contributed by atoms with E-state index in [2.05, 4.69) is 10.6 Å². The van der Waals surface area contributed by atoms with Gasteiger partial charge in [0, 0.05) is 13.1 Å². The summed E-state index contributed by atoms with van der Waals surface area (Å²) in [4.78, 5) is 26.4. The highest BCUT2D eigenvalue weighted by atomic mass is 16.2. The number of carbonyl (C=O) groups excluding carboxylic acids is 2. The molecule has 0 atom stereocenters. The molecule has 1 aliphatic carbocycles. The SMILES string of the molecule is CCN(CC)C(=O)C1(NC(=O)CNC)CCCCC1. The van der Waals surface area contributed by atoms with Crippen LogP contribution in [0.3, 0.4) is 0 Å². The fourth-order valence-corrected chi connectivity index (χ4v) is 2.83. The second-order valence-corrected chi connectivity index (χ2v) is 5.20. The third kappa shape index (κ3) is 3.93. The van der Waals surface area contributed by atoms with Crippen molar-refractivity contribution in [3.8, 4) is 0 Å². The predicted molar refractivity (Wildman–Crippen MR) is 75.8 cm³/mol. The van der Waals surface area contributed by atoms with Gasteiger partial charge in [0.05, 0.1) is 6.54 Å². The van der Waals surface area contributed by atoms with Gasteiger partial charge in [-0.05, 0) is 33.7 Å². The molecule has 0 aromatic carbocycles. The van der Waals surface area contributed by atoms with Crippen LogP contribution in [0.4, 0.5) is 0 Å². The summed E-state index contributed by atoms with van der Waals surface area (Å²) >= 11 is 0. The highest BCUT2D eigenvalue weighted by Gasteiger charge is 2.42. The van der Waals surface area contributed by atoms with E-state index in [1.165, 1.54) is 0 Å². The van der Waals surface area contributed by atoms with Crippen molar-refractivity contribution >= 4 is 11.8 Å². The Labute approximate surface area is 116 Å². The van der Waals surface area contributed by atoms with Gasteiger partial charge in [0.25, 0.3) is 0 Å². The van der Waals surface area contributed by atoms with Gasteiger partial charge in [-0.3, -0.25) is 9.59 Å². The first-order valence-electron chi connectivity index (χ1n) is 7.34. The second-order valence-electron chi connectivity index (χ2n) is 5.20. The molecule has 0 spiro atoms. The zero-order valence-electron chi connectivity index (χ0n) is 12.4. The van der Waals surface area contributed by atoms with Crippen molar-refractivity contribution in [2.24, 2.45) is 0 Å². The lowest BCUT2D eigenvalue weighted by Gasteiger charge is -2.40. The minimum atomic E-state index is -0.668. The summed E-state index contributed by atoms with van der Waals surface area (Å²) in [6.07, 6.45) is 4.68. The maximum atomic E-state index is 12.7. The normalized spacial score (nSPS) is 17.8. The molecule has 19 heavy (non-hydrogen) atoms. The molecule has 1 rings (SSSR count). The molecule has 0 saturated heterocycles. The van der Waals surface area contributed by atoms with E-state index in [9.17, 15) is 9.59 Å². The van der Waals surface area contributed by atoms with Gasteiger partial charge < -0.3 is 15.5 Å². The van der Waals surface area contributed by atoms with E-state index >= 15 is 0 Å². The Bertz CT molecular complexity index is 308. The molecule has 110 valence electrons. The van der Waals surface area contributed by atoms with Gasteiger partial charge in [0.15, 0.2) is 0 Å². The fraction of sp³-hybridized carbons (Fsp3) is 0.857. The summed E-state index contributed by atoms with van der Waals surface area (Å²) in [5, 5.41) is 5.82. The fourth-order valence-electron chi connectivity index (χ4n) is 2.83. The number of rotatable bonds is 6. The van der Waals surface area contributed by atoms with Crippen LogP contribution in [0.1, 0.15) is 46.0 Å². The molecule has 2 amide bonds. The zero-order chi connectivity index (χ0) is 14.3. The minimum absolute atomic E-state index is 0.0849. The van der Waals surface area contributed by atoms with Crippen molar-refractivity contribution in [1.82, 2.24) is 15.5 Å². The lowest BCUT2D eigenvalue weighted by molar-refractivity contribution is -0.143. The zero-order valence-corrected chi connectivity index (χ0v) is 12.4. The van der Waals surface area contributed by atoms with Crippen LogP contribution in [-0.2, 0) is 9.59 Å². The molecule has 0 radical (unpaired) electrons. The molecule has 0 aromatic heterocycles. The van der Waals surface area contributed by atoms with Crippen molar-refractivity contribution in [2.45, 2.75) is 51.5 Å². The van der Waals surface area contributed by atoms with Crippen molar-refractivity contribution in [3.63, 3.8) is 0 Å². The molecule has 0 aliphatic heterocycles. The quantitative estimate of drug-likeness (QED) is 0.753. The predicted octanol–water partition coefficient (Wildman–Crippen LogP) is 0.893. The maximum Gasteiger partial charge on any atom is 0.248 e. The Morgan fingerprint density at radius 2 is 1.68 bits per heavy atom. The first-order chi connectivity index (χ1) is 9.09. The van der Waals surface area contributed by atoms with Crippen molar-refractivity contribution in [2.75, 3.05) is 26.7 Å². The maximum absolute atomic E-state index is 12.7. The molecular weight excluding hydrogens is 242 g/mol. The largest absolute Gasteiger partial charge is 0.341 e. The van der Waals surface area contributed by atoms with Crippen LogP contribution in [0.25, 0.3) is 0 Å². The number of carbonyl (C=O) groups is 2. The average Bonchev–Trinajstić information content (AvgIpc) is 2.41. The third-order valence-corrected chi connectivity index (χ3v) is 3.88. The molecule has 0 heterocycles. The second kappa shape index (κ2) is 7.48. The van der Waals surface area contributed by atoms with Crippen LogP contribution in [0.15, 0.2) is 0 Å². The van der Waals surface area contributed by atoms with E-state index in [1.807, 2.05) is 18.7 Å². The molecule has 1 saturated carbocycles. The minimum Gasteiger partial charge on any atom is -0.341 e. The molecule has 0 unspecified atom stereocenters. The first-order valence-corrected chi connectivity index (χ1v) is 7.34. The van der Waals surface area contributed by atoms with Gasteiger partial charge in [-0.15, -0.1) is 0 Å². The Hall–Kier alpha value is -1.10. The summed E-state index contributed by atoms with van der Waals surface area (Å²) in [6.45, 7) is 5.60. The van der Waals surface area contributed by atoms with E-state index in [-0.39, 0.29) is 18.4 Å². The summed E-state index contributed by atoms with van der Waals surface area (Å²) in [5.74, 6) is -0.00782. The average molecular weight is 269 g/mol. The van der Waals surface area contributed by atoms with E-state index in [0.29, 0.717) is 13.1 Å². The van der Waals surface area contributed by atoms with Crippen LogP contribution in [-0.4, -0.2) is 48.9 Å². The molecule has 5 nitrogen and oxygen atoms in total. The van der Waals surface area contributed by atoms with E-state index < -0.39 is 5.54 Å².